The molecule has 0 saturated carbocycles. The molecule has 0 amide bonds. The summed E-state index contributed by atoms with van der Waals surface area (Å²) in [6, 6.07) is 8.88. The molecule has 0 spiro atoms. The van der Waals surface area contributed by atoms with Crippen LogP contribution in [0.3, 0.4) is 0 Å². The Morgan fingerprint density at radius 1 is 0.955 bits per heavy atom. The van der Waals surface area contributed by atoms with Crippen LogP contribution in [-0.2, 0) is 0 Å². The van der Waals surface area contributed by atoms with E-state index in [2.05, 4.69) is 19.9 Å². The third-order valence-electron chi connectivity index (χ3n) is 3.24. The molecule has 22 heavy (non-hydrogen) atoms. The lowest BCUT2D eigenvalue weighted by Gasteiger charge is -2.06. The molecule has 0 radical (unpaired) electrons. The van der Waals surface area contributed by atoms with Gasteiger partial charge in [0.05, 0.1) is 15.9 Å². The molecule has 0 atom stereocenters. The quantitative estimate of drug-likeness (QED) is 0.613. The van der Waals surface area contributed by atoms with Gasteiger partial charge in [-0.2, -0.15) is 0 Å². The van der Waals surface area contributed by atoms with Crippen molar-refractivity contribution >= 4 is 21.6 Å². The number of thiophene rings is 1. The Balaban J connectivity index is 1.98. The Labute approximate surface area is 130 Å². The summed E-state index contributed by atoms with van der Waals surface area (Å²) in [5.41, 5.74) is 3.29. The fourth-order valence-corrected chi connectivity index (χ4v) is 3.10. The molecule has 0 bridgehead atoms. The van der Waals surface area contributed by atoms with Gasteiger partial charge in [0, 0.05) is 23.5 Å². The lowest BCUT2D eigenvalue weighted by Crippen LogP contribution is -1.93. The molecule has 3 aromatic heterocycles. The molecule has 0 fully saturated rings. The molecule has 5 nitrogen and oxygen atoms in total. The van der Waals surface area contributed by atoms with Crippen LogP contribution >= 0.6 is 11.3 Å². The topological polar surface area (TPSA) is 71.8 Å². The van der Waals surface area contributed by atoms with Crippen LogP contribution in [0.2, 0.25) is 0 Å². The minimum absolute atomic E-state index is 0.191. The summed E-state index contributed by atoms with van der Waals surface area (Å²) in [6.07, 6.45) is 4.97. The van der Waals surface area contributed by atoms with E-state index >= 15 is 0 Å². The standard InChI is InChI=1S/C16H10N4OS/c21-12-3-1-2-10(6-12)16-19-13-4-5-22-15(13)14(20-16)11-7-17-9-18-8-11/h1-9,21H. The molecule has 4 aromatic rings. The smallest absolute Gasteiger partial charge is 0.160 e. The van der Waals surface area contributed by atoms with Crippen molar-refractivity contribution in [3.05, 3.63) is 54.4 Å². The second-order valence-electron chi connectivity index (χ2n) is 4.71. The number of nitrogens with zero attached hydrogens (tertiary/aromatic N) is 4. The second kappa shape index (κ2) is 5.16. The van der Waals surface area contributed by atoms with Gasteiger partial charge in [-0.3, -0.25) is 0 Å². The van der Waals surface area contributed by atoms with Crippen LogP contribution in [0.5, 0.6) is 5.75 Å². The minimum atomic E-state index is 0.191. The molecule has 0 aliphatic carbocycles. The fraction of sp³-hybridized carbons (Fsp3) is 0. The molecule has 4 rings (SSSR count). The van der Waals surface area contributed by atoms with E-state index < -0.39 is 0 Å². The van der Waals surface area contributed by atoms with E-state index in [-0.39, 0.29) is 5.75 Å². The van der Waals surface area contributed by atoms with E-state index in [4.69, 9.17) is 0 Å². The summed E-state index contributed by atoms with van der Waals surface area (Å²) in [7, 11) is 0. The predicted octanol–water partition coefficient (Wildman–Crippen LogP) is 3.52. The lowest BCUT2D eigenvalue weighted by atomic mass is 10.1. The van der Waals surface area contributed by atoms with Crippen LogP contribution in [0.4, 0.5) is 0 Å². The molecule has 0 aliphatic rings. The highest BCUT2D eigenvalue weighted by Crippen LogP contribution is 2.32. The monoisotopic (exact) mass is 306 g/mol. The van der Waals surface area contributed by atoms with E-state index in [1.807, 2.05) is 17.5 Å². The van der Waals surface area contributed by atoms with Crippen LogP contribution in [0.1, 0.15) is 0 Å². The van der Waals surface area contributed by atoms with Crippen molar-refractivity contribution in [1.29, 1.82) is 0 Å². The lowest BCUT2D eigenvalue weighted by molar-refractivity contribution is 0.475. The van der Waals surface area contributed by atoms with Gasteiger partial charge in [0.25, 0.3) is 0 Å². The van der Waals surface area contributed by atoms with Gasteiger partial charge in [-0.05, 0) is 23.6 Å². The average molecular weight is 306 g/mol. The maximum absolute atomic E-state index is 9.66. The van der Waals surface area contributed by atoms with Crippen LogP contribution in [0, 0.1) is 0 Å². The van der Waals surface area contributed by atoms with Crippen molar-refractivity contribution in [3.8, 4) is 28.4 Å². The maximum atomic E-state index is 9.66. The average Bonchev–Trinajstić information content (AvgIpc) is 3.03. The highest BCUT2D eigenvalue weighted by Gasteiger charge is 2.13. The van der Waals surface area contributed by atoms with E-state index in [0.717, 1.165) is 27.0 Å². The molecule has 0 unspecified atom stereocenters. The number of phenols is 1. The molecule has 106 valence electrons. The van der Waals surface area contributed by atoms with Crippen molar-refractivity contribution < 1.29 is 5.11 Å². The number of aromatic hydroxyl groups is 1. The van der Waals surface area contributed by atoms with Crippen molar-refractivity contribution in [3.63, 3.8) is 0 Å². The van der Waals surface area contributed by atoms with Crippen molar-refractivity contribution in [1.82, 2.24) is 19.9 Å². The van der Waals surface area contributed by atoms with Gasteiger partial charge in [0.2, 0.25) is 0 Å². The van der Waals surface area contributed by atoms with E-state index in [0.29, 0.717) is 5.82 Å². The molecule has 3 heterocycles. The third-order valence-corrected chi connectivity index (χ3v) is 4.15. The van der Waals surface area contributed by atoms with E-state index in [1.165, 1.54) is 6.33 Å². The van der Waals surface area contributed by atoms with Gasteiger partial charge in [0.1, 0.15) is 12.1 Å². The van der Waals surface area contributed by atoms with Gasteiger partial charge in [-0.1, -0.05) is 12.1 Å². The zero-order valence-electron chi connectivity index (χ0n) is 11.3. The maximum Gasteiger partial charge on any atom is 0.160 e. The van der Waals surface area contributed by atoms with Crippen LogP contribution in [0.15, 0.2) is 54.4 Å². The zero-order valence-corrected chi connectivity index (χ0v) is 12.2. The number of benzene rings is 1. The number of aromatic nitrogens is 4. The number of hydrogen-bond acceptors (Lipinski definition) is 6. The van der Waals surface area contributed by atoms with E-state index in [1.54, 1.807) is 41.9 Å². The molecular formula is C16H10N4OS. The SMILES string of the molecule is Oc1cccc(-c2nc(-c3cncnc3)c3sccc3n2)c1. The van der Waals surface area contributed by atoms with Gasteiger partial charge in [-0.25, -0.2) is 19.9 Å². The minimum Gasteiger partial charge on any atom is -0.508 e. The Hall–Kier alpha value is -2.86. The highest BCUT2D eigenvalue weighted by molar-refractivity contribution is 7.17. The van der Waals surface area contributed by atoms with Gasteiger partial charge >= 0.3 is 0 Å². The Kier molecular flexibility index (Phi) is 3.01. The first kappa shape index (κ1) is 12.8. The highest BCUT2D eigenvalue weighted by atomic mass is 32.1. The van der Waals surface area contributed by atoms with Crippen molar-refractivity contribution in [2.24, 2.45) is 0 Å². The predicted molar refractivity (Wildman–Crippen MR) is 85.5 cm³/mol. The molecular weight excluding hydrogens is 296 g/mol. The van der Waals surface area contributed by atoms with Gasteiger partial charge < -0.3 is 5.11 Å². The number of fused-ring (bicyclic) bond motifs is 1. The first-order valence-corrected chi connectivity index (χ1v) is 7.49. The Bertz CT molecular complexity index is 953. The van der Waals surface area contributed by atoms with Crippen molar-refractivity contribution in [2.75, 3.05) is 0 Å². The molecule has 6 heteroatoms. The summed E-state index contributed by atoms with van der Waals surface area (Å²) in [4.78, 5) is 17.4. The second-order valence-corrected chi connectivity index (χ2v) is 5.62. The van der Waals surface area contributed by atoms with Crippen LogP contribution in [-0.4, -0.2) is 25.0 Å². The third kappa shape index (κ3) is 2.19. The molecule has 1 N–H and O–H groups in total. The molecule has 1 aromatic carbocycles. The molecule has 0 saturated heterocycles. The largest absolute Gasteiger partial charge is 0.508 e. The fourth-order valence-electron chi connectivity index (χ4n) is 2.25. The Morgan fingerprint density at radius 3 is 2.64 bits per heavy atom. The zero-order chi connectivity index (χ0) is 14.9. The first-order valence-electron chi connectivity index (χ1n) is 6.61. The summed E-state index contributed by atoms with van der Waals surface area (Å²) in [5.74, 6) is 0.761. The van der Waals surface area contributed by atoms with E-state index in [9.17, 15) is 5.11 Å². The molecule has 0 aliphatic heterocycles. The van der Waals surface area contributed by atoms with Gasteiger partial charge in [-0.15, -0.1) is 11.3 Å². The van der Waals surface area contributed by atoms with Crippen molar-refractivity contribution in [2.45, 2.75) is 0 Å². The summed E-state index contributed by atoms with van der Waals surface area (Å²) >= 11 is 1.59. The summed E-state index contributed by atoms with van der Waals surface area (Å²) in [5, 5.41) is 11.6. The summed E-state index contributed by atoms with van der Waals surface area (Å²) < 4.78 is 0.999. The first-order chi connectivity index (χ1) is 10.8. The van der Waals surface area contributed by atoms with Crippen LogP contribution in [0.25, 0.3) is 32.9 Å². The number of phenolic OH excluding ortho intramolecular Hbond substituents is 1. The van der Waals surface area contributed by atoms with Gasteiger partial charge in [0.15, 0.2) is 5.82 Å². The number of hydrogen-bond donors (Lipinski definition) is 1. The summed E-state index contributed by atoms with van der Waals surface area (Å²) in [6.45, 7) is 0. The van der Waals surface area contributed by atoms with Crippen LogP contribution < -0.4 is 0 Å². The number of rotatable bonds is 2. The Morgan fingerprint density at radius 2 is 1.82 bits per heavy atom. The normalized spacial score (nSPS) is 10.9.